The number of hydrogen-bond donors (Lipinski definition) is 2. The third-order valence-electron chi connectivity index (χ3n) is 5.68. The van der Waals surface area contributed by atoms with Crippen LogP contribution in [-0.2, 0) is 38.8 Å². The van der Waals surface area contributed by atoms with Gasteiger partial charge in [-0.3, -0.25) is 0 Å². The highest BCUT2D eigenvalue weighted by Crippen LogP contribution is 2.26. The molecule has 174 valence electrons. The quantitative estimate of drug-likeness (QED) is 0.494. The topological polar surface area (TPSA) is 83.2 Å². The second-order valence-electron chi connectivity index (χ2n) is 8.17. The van der Waals surface area contributed by atoms with E-state index < -0.39 is 30.6 Å². The molecule has 3 N–H and O–H groups in total. The van der Waals surface area contributed by atoms with Crippen molar-refractivity contribution in [2.24, 2.45) is 5.73 Å². The van der Waals surface area contributed by atoms with Crippen LogP contribution in [-0.4, -0.2) is 42.4 Å². The summed E-state index contributed by atoms with van der Waals surface area (Å²) in [6, 6.07) is 28.9. The molecule has 1 saturated heterocycles. The Morgan fingerprint density at radius 2 is 1.12 bits per heavy atom. The van der Waals surface area contributed by atoms with E-state index in [0.29, 0.717) is 19.8 Å². The van der Waals surface area contributed by atoms with Crippen molar-refractivity contribution in [1.29, 1.82) is 0 Å². The van der Waals surface area contributed by atoms with Crippen molar-refractivity contribution >= 4 is 0 Å². The maximum absolute atomic E-state index is 10.5. The molecule has 6 nitrogen and oxygen atoms in total. The number of benzene rings is 3. The average molecular weight is 450 g/mol. The van der Waals surface area contributed by atoms with Crippen molar-refractivity contribution in [1.82, 2.24) is 0 Å². The van der Waals surface area contributed by atoms with E-state index in [1.807, 2.05) is 91.0 Å². The van der Waals surface area contributed by atoms with Crippen molar-refractivity contribution in [2.75, 3.05) is 6.61 Å². The fraction of sp³-hybridized carbons (Fsp3) is 0.333. The highest BCUT2D eigenvalue weighted by atomic mass is 16.7. The van der Waals surface area contributed by atoms with Gasteiger partial charge in [-0.2, -0.15) is 0 Å². The predicted octanol–water partition coefficient (Wildman–Crippen LogP) is 3.42. The van der Waals surface area contributed by atoms with E-state index in [9.17, 15) is 5.11 Å². The van der Waals surface area contributed by atoms with Gasteiger partial charge in [0.2, 0.25) is 0 Å². The molecule has 0 aliphatic carbocycles. The van der Waals surface area contributed by atoms with Gasteiger partial charge in [-0.25, -0.2) is 0 Å². The molecular weight excluding hydrogens is 418 g/mol. The molecule has 0 amide bonds. The van der Waals surface area contributed by atoms with Crippen LogP contribution in [0.1, 0.15) is 16.7 Å². The second kappa shape index (κ2) is 12.0. The molecule has 6 heteroatoms. The van der Waals surface area contributed by atoms with Crippen LogP contribution in [0.25, 0.3) is 0 Å². The highest BCUT2D eigenvalue weighted by molar-refractivity contribution is 5.15. The van der Waals surface area contributed by atoms with Crippen molar-refractivity contribution in [3.63, 3.8) is 0 Å². The van der Waals surface area contributed by atoms with E-state index in [1.165, 1.54) is 0 Å². The molecule has 0 spiro atoms. The largest absolute Gasteiger partial charge is 0.374 e. The van der Waals surface area contributed by atoms with Crippen molar-refractivity contribution in [3.05, 3.63) is 108 Å². The summed E-state index contributed by atoms with van der Waals surface area (Å²) in [4.78, 5) is 0. The fourth-order valence-corrected chi connectivity index (χ4v) is 3.88. The standard InChI is InChI=1S/C27H31NO5/c28-24-26(32-18-22-14-8-3-9-15-22)25(31-17-21-12-6-2-7-13-21)23(33-27(24)29)19-30-16-20-10-4-1-5-11-20/h1-15,23-27,29H,16-19,28H2/t23-,24-,25+,26-,27+/m1/s1. The summed E-state index contributed by atoms with van der Waals surface area (Å²) >= 11 is 0. The zero-order chi connectivity index (χ0) is 22.9. The summed E-state index contributed by atoms with van der Waals surface area (Å²) in [6.45, 7) is 1.40. The first-order chi connectivity index (χ1) is 16.2. The molecule has 0 saturated carbocycles. The molecular formula is C27H31NO5. The third-order valence-corrected chi connectivity index (χ3v) is 5.68. The number of hydrogen-bond acceptors (Lipinski definition) is 6. The van der Waals surface area contributed by atoms with Gasteiger partial charge in [0.15, 0.2) is 6.29 Å². The van der Waals surface area contributed by atoms with Gasteiger partial charge in [0.05, 0.1) is 32.5 Å². The van der Waals surface area contributed by atoms with Gasteiger partial charge in [0.25, 0.3) is 0 Å². The lowest BCUT2D eigenvalue weighted by Crippen LogP contribution is -2.63. The Labute approximate surface area is 194 Å². The molecule has 1 aliphatic heterocycles. The minimum atomic E-state index is -1.17. The van der Waals surface area contributed by atoms with Crippen LogP contribution in [0.5, 0.6) is 0 Å². The van der Waals surface area contributed by atoms with Gasteiger partial charge in [-0.05, 0) is 16.7 Å². The summed E-state index contributed by atoms with van der Waals surface area (Å²) in [7, 11) is 0. The number of aliphatic hydroxyl groups is 1. The fourth-order valence-electron chi connectivity index (χ4n) is 3.88. The lowest BCUT2D eigenvalue weighted by atomic mass is 9.97. The van der Waals surface area contributed by atoms with Gasteiger partial charge in [0.1, 0.15) is 18.3 Å². The van der Waals surface area contributed by atoms with E-state index in [0.717, 1.165) is 16.7 Å². The summed E-state index contributed by atoms with van der Waals surface area (Å²) in [5.74, 6) is 0. The van der Waals surface area contributed by atoms with Crippen molar-refractivity contribution in [3.8, 4) is 0 Å². The van der Waals surface area contributed by atoms with E-state index in [4.69, 9.17) is 24.7 Å². The molecule has 1 fully saturated rings. The first-order valence-electron chi connectivity index (χ1n) is 11.2. The van der Waals surface area contributed by atoms with Gasteiger partial charge >= 0.3 is 0 Å². The maximum Gasteiger partial charge on any atom is 0.173 e. The van der Waals surface area contributed by atoms with Gasteiger partial charge in [0, 0.05) is 0 Å². The summed E-state index contributed by atoms with van der Waals surface area (Å²) < 4.78 is 24.2. The average Bonchev–Trinajstić information content (AvgIpc) is 2.86. The Morgan fingerprint density at radius 3 is 1.64 bits per heavy atom. The number of aliphatic hydroxyl groups excluding tert-OH is 1. The maximum atomic E-state index is 10.5. The molecule has 1 heterocycles. The minimum absolute atomic E-state index is 0.239. The Morgan fingerprint density at radius 1 is 0.667 bits per heavy atom. The summed E-state index contributed by atoms with van der Waals surface area (Å²) in [5.41, 5.74) is 9.42. The molecule has 0 aromatic heterocycles. The van der Waals surface area contributed by atoms with Crippen LogP contribution in [0.15, 0.2) is 91.0 Å². The number of ether oxygens (including phenoxy) is 4. The Kier molecular flexibility index (Phi) is 8.60. The molecule has 3 aromatic carbocycles. The smallest absolute Gasteiger partial charge is 0.173 e. The van der Waals surface area contributed by atoms with E-state index in [-0.39, 0.29) is 6.61 Å². The number of nitrogens with two attached hydrogens (primary N) is 1. The van der Waals surface area contributed by atoms with Crippen LogP contribution in [0.2, 0.25) is 0 Å². The zero-order valence-corrected chi connectivity index (χ0v) is 18.5. The van der Waals surface area contributed by atoms with Gasteiger partial charge in [-0.1, -0.05) is 91.0 Å². The summed E-state index contributed by atoms with van der Waals surface area (Å²) in [6.07, 6.45) is -2.79. The normalized spacial score (nSPS) is 25.1. The van der Waals surface area contributed by atoms with Crippen molar-refractivity contribution < 1.29 is 24.1 Å². The summed E-state index contributed by atoms with van der Waals surface area (Å²) in [5, 5.41) is 10.5. The Hall–Kier alpha value is -2.58. The first kappa shape index (κ1) is 23.6. The molecule has 5 atom stereocenters. The number of rotatable bonds is 10. The SMILES string of the molecule is N[C@@H]1[C@@H](OCc2ccccc2)[C@@H](OCc2ccccc2)[C@@H](COCc2ccccc2)O[C@@H]1O. The Balaban J connectivity index is 1.46. The van der Waals surface area contributed by atoms with Crippen LogP contribution in [0.4, 0.5) is 0 Å². The lowest BCUT2D eigenvalue weighted by molar-refractivity contribution is -0.273. The molecule has 3 aromatic rings. The molecule has 0 radical (unpaired) electrons. The molecule has 4 rings (SSSR count). The van der Waals surface area contributed by atoms with Gasteiger partial charge < -0.3 is 29.8 Å². The molecule has 33 heavy (non-hydrogen) atoms. The third kappa shape index (κ3) is 6.71. The van der Waals surface area contributed by atoms with Crippen LogP contribution >= 0.6 is 0 Å². The van der Waals surface area contributed by atoms with E-state index in [2.05, 4.69) is 0 Å². The zero-order valence-electron chi connectivity index (χ0n) is 18.5. The van der Waals surface area contributed by atoms with Crippen molar-refractivity contribution in [2.45, 2.75) is 50.5 Å². The first-order valence-corrected chi connectivity index (χ1v) is 11.2. The van der Waals surface area contributed by atoms with E-state index >= 15 is 0 Å². The minimum Gasteiger partial charge on any atom is -0.374 e. The van der Waals surface area contributed by atoms with Gasteiger partial charge in [-0.15, -0.1) is 0 Å². The molecule has 0 bridgehead atoms. The van der Waals surface area contributed by atoms with E-state index in [1.54, 1.807) is 0 Å². The Bertz CT molecular complexity index is 941. The predicted molar refractivity (Wildman–Crippen MR) is 125 cm³/mol. The molecule has 1 aliphatic rings. The molecule has 0 unspecified atom stereocenters. The van der Waals surface area contributed by atoms with Crippen LogP contribution < -0.4 is 5.73 Å². The highest BCUT2D eigenvalue weighted by Gasteiger charge is 2.45. The van der Waals surface area contributed by atoms with Crippen LogP contribution in [0.3, 0.4) is 0 Å². The lowest BCUT2D eigenvalue weighted by Gasteiger charge is -2.43. The second-order valence-corrected chi connectivity index (χ2v) is 8.17. The monoisotopic (exact) mass is 449 g/mol. The van der Waals surface area contributed by atoms with Crippen LogP contribution in [0, 0.1) is 0 Å².